The number of nitrogens with zero attached hydrogens (tertiary/aromatic N) is 3. The molecule has 0 unspecified atom stereocenters. The molecule has 2 aromatic heterocycles. The number of ketones is 1. The van der Waals surface area contributed by atoms with Crippen LogP contribution in [0.4, 0.5) is 9.52 Å². The van der Waals surface area contributed by atoms with Crippen molar-refractivity contribution in [2.45, 2.75) is 10.4 Å². The highest BCUT2D eigenvalue weighted by atomic mass is 32.2. The molecule has 1 N–H and O–H groups in total. The van der Waals surface area contributed by atoms with E-state index in [1.54, 1.807) is 6.08 Å². The highest BCUT2D eigenvalue weighted by Gasteiger charge is 2.46. The van der Waals surface area contributed by atoms with E-state index in [9.17, 15) is 19.1 Å². The average Bonchev–Trinajstić information content (AvgIpc) is 3.48. The maximum atomic E-state index is 13.5. The smallest absolute Gasteiger partial charge is 0.296 e. The van der Waals surface area contributed by atoms with Gasteiger partial charge in [0.05, 0.1) is 17.9 Å². The summed E-state index contributed by atoms with van der Waals surface area (Å²) >= 11 is 2.53. The third-order valence-corrected chi connectivity index (χ3v) is 6.36. The zero-order valence-corrected chi connectivity index (χ0v) is 17.0. The third kappa shape index (κ3) is 3.55. The number of carbonyl (C=O) groups excluding carboxylic acids is 2. The SMILES string of the molecule is C=CCSc1nnc(N2C(=O)C(O)=C(C(=O)c3ccco3)[C@@H]2c2ccc(F)cc2)s1. The number of aromatic nitrogens is 2. The molecule has 1 amide bonds. The van der Waals surface area contributed by atoms with Crippen LogP contribution in [0, 0.1) is 5.82 Å². The van der Waals surface area contributed by atoms with E-state index < -0.39 is 29.3 Å². The van der Waals surface area contributed by atoms with Crippen LogP contribution >= 0.6 is 23.1 Å². The summed E-state index contributed by atoms with van der Waals surface area (Å²) in [6, 6.07) is 7.28. The minimum absolute atomic E-state index is 0.0298. The van der Waals surface area contributed by atoms with Gasteiger partial charge in [0, 0.05) is 5.75 Å². The number of rotatable bonds is 7. The fourth-order valence-corrected chi connectivity index (χ4v) is 4.65. The average molecular weight is 443 g/mol. The Morgan fingerprint density at radius 3 is 2.77 bits per heavy atom. The summed E-state index contributed by atoms with van der Waals surface area (Å²) in [4.78, 5) is 27.2. The van der Waals surface area contributed by atoms with Crippen LogP contribution in [-0.4, -0.2) is 32.7 Å². The molecule has 4 rings (SSSR count). The summed E-state index contributed by atoms with van der Waals surface area (Å²) in [5, 5.41) is 18.9. The van der Waals surface area contributed by atoms with Gasteiger partial charge in [-0.15, -0.1) is 16.8 Å². The topological polar surface area (TPSA) is 96.5 Å². The quantitative estimate of drug-likeness (QED) is 0.251. The van der Waals surface area contributed by atoms with Crippen molar-refractivity contribution in [3.63, 3.8) is 0 Å². The van der Waals surface area contributed by atoms with Crippen LogP contribution in [0.5, 0.6) is 0 Å². The molecule has 0 saturated heterocycles. The molecule has 7 nitrogen and oxygen atoms in total. The van der Waals surface area contributed by atoms with E-state index in [0.29, 0.717) is 15.7 Å². The maximum absolute atomic E-state index is 13.5. The molecule has 30 heavy (non-hydrogen) atoms. The molecule has 0 spiro atoms. The first-order valence-corrected chi connectivity index (χ1v) is 10.5. The van der Waals surface area contributed by atoms with Crippen molar-refractivity contribution in [1.82, 2.24) is 10.2 Å². The Morgan fingerprint density at radius 2 is 2.10 bits per heavy atom. The van der Waals surface area contributed by atoms with Gasteiger partial charge in [0.25, 0.3) is 5.91 Å². The van der Waals surface area contributed by atoms with Crippen molar-refractivity contribution >= 4 is 39.9 Å². The highest BCUT2D eigenvalue weighted by Crippen LogP contribution is 2.43. The van der Waals surface area contributed by atoms with Crippen LogP contribution in [0.2, 0.25) is 0 Å². The summed E-state index contributed by atoms with van der Waals surface area (Å²) in [6.07, 6.45) is 3.03. The Morgan fingerprint density at radius 1 is 1.33 bits per heavy atom. The molecular formula is C20H14FN3O4S2. The summed E-state index contributed by atoms with van der Waals surface area (Å²) < 4.78 is 19.3. The second-order valence-electron chi connectivity index (χ2n) is 6.15. The summed E-state index contributed by atoms with van der Waals surface area (Å²) in [5.41, 5.74) is 0.260. The fourth-order valence-electron chi connectivity index (χ4n) is 3.02. The highest BCUT2D eigenvalue weighted by molar-refractivity contribution is 8.01. The second-order valence-corrected chi connectivity index (χ2v) is 8.37. The minimum atomic E-state index is -1.01. The van der Waals surface area contributed by atoms with E-state index in [-0.39, 0.29) is 16.5 Å². The van der Waals surface area contributed by atoms with Crippen molar-refractivity contribution in [2.75, 3.05) is 10.7 Å². The van der Waals surface area contributed by atoms with Crippen molar-refractivity contribution in [3.05, 3.63) is 83.8 Å². The molecule has 10 heteroatoms. The number of furan rings is 1. The number of amides is 1. The van der Waals surface area contributed by atoms with Gasteiger partial charge in [-0.05, 0) is 29.8 Å². The number of aliphatic hydroxyl groups is 1. The number of benzene rings is 1. The standard InChI is InChI=1S/C20H14FN3O4S2/c1-2-10-29-20-23-22-19(30-20)24-15(11-5-7-12(21)8-6-11)14(17(26)18(24)27)16(25)13-4-3-9-28-13/h2-9,15,26H,1,10H2/t15-/m0/s1. The second kappa shape index (κ2) is 8.25. The van der Waals surface area contributed by atoms with Gasteiger partial charge in [-0.3, -0.25) is 14.5 Å². The molecule has 0 bridgehead atoms. The Kier molecular flexibility index (Phi) is 5.51. The van der Waals surface area contributed by atoms with E-state index in [1.807, 2.05) is 0 Å². The van der Waals surface area contributed by atoms with Gasteiger partial charge < -0.3 is 9.52 Å². The van der Waals surface area contributed by atoms with Crippen LogP contribution in [0.3, 0.4) is 0 Å². The van der Waals surface area contributed by atoms with E-state index in [0.717, 1.165) is 11.3 Å². The first-order valence-electron chi connectivity index (χ1n) is 8.68. The summed E-state index contributed by atoms with van der Waals surface area (Å²) in [6.45, 7) is 3.65. The zero-order valence-electron chi connectivity index (χ0n) is 15.3. The Balaban J connectivity index is 1.80. The van der Waals surface area contributed by atoms with Gasteiger partial charge in [0.15, 0.2) is 15.9 Å². The Bertz CT molecular complexity index is 1140. The van der Waals surface area contributed by atoms with Crippen LogP contribution in [0.15, 0.2) is 75.4 Å². The minimum Gasteiger partial charge on any atom is -0.503 e. The molecule has 3 heterocycles. The Labute approximate surface area is 178 Å². The van der Waals surface area contributed by atoms with E-state index in [2.05, 4.69) is 16.8 Å². The van der Waals surface area contributed by atoms with Gasteiger partial charge >= 0.3 is 0 Å². The molecular weight excluding hydrogens is 429 g/mol. The van der Waals surface area contributed by atoms with E-state index >= 15 is 0 Å². The lowest BCUT2D eigenvalue weighted by Gasteiger charge is -2.23. The molecule has 0 fully saturated rings. The lowest BCUT2D eigenvalue weighted by molar-refractivity contribution is -0.117. The maximum Gasteiger partial charge on any atom is 0.296 e. The molecule has 0 radical (unpaired) electrons. The van der Waals surface area contributed by atoms with Gasteiger partial charge in [0.2, 0.25) is 10.9 Å². The predicted molar refractivity (Wildman–Crippen MR) is 110 cm³/mol. The molecule has 3 aromatic rings. The van der Waals surface area contributed by atoms with Crippen LogP contribution < -0.4 is 4.90 Å². The molecule has 0 aliphatic carbocycles. The van der Waals surface area contributed by atoms with Gasteiger partial charge in [-0.2, -0.15) is 0 Å². The van der Waals surface area contributed by atoms with Crippen molar-refractivity contribution < 1.29 is 23.5 Å². The van der Waals surface area contributed by atoms with Crippen molar-refractivity contribution in [2.24, 2.45) is 0 Å². The van der Waals surface area contributed by atoms with Gasteiger partial charge in [-0.1, -0.05) is 41.3 Å². The van der Waals surface area contributed by atoms with Crippen LogP contribution in [0.1, 0.15) is 22.2 Å². The molecule has 152 valence electrons. The number of hydrogen-bond donors (Lipinski definition) is 1. The molecule has 0 saturated carbocycles. The van der Waals surface area contributed by atoms with Crippen LogP contribution in [0.25, 0.3) is 0 Å². The largest absolute Gasteiger partial charge is 0.503 e. The van der Waals surface area contributed by atoms with Gasteiger partial charge in [0.1, 0.15) is 5.82 Å². The number of aliphatic hydroxyl groups excluding tert-OH is 1. The first kappa shape index (κ1) is 20.0. The molecule has 1 aromatic carbocycles. The monoisotopic (exact) mass is 443 g/mol. The number of thioether (sulfide) groups is 1. The predicted octanol–water partition coefficient (Wildman–Crippen LogP) is 4.33. The lowest BCUT2D eigenvalue weighted by Crippen LogP contribution is -2.31. The number of hydrogen-bond acceptors (Lipinski definition) is 8. The lowest BCUT2D eigenvalue weighted by atomic mass is 9.95. The van der Waals surface area contributed by atoms with Crippen molar-refractivity contribution in [1.29, 1.82) is 0 Å². The zero-order chi connectivity index (χ0) is 21.3. The van der Waals surface area contributed by atoms with E-state index in [4.69, 9.17) is 4.42 Å². The molecule has 1 atom stereocenters. The third-order valence-electron chi connectivity index (χ3n) is 4.31. The normalized spacial score (nSPS) is 16.4. The van der Waals surface area contributed by atoms with E-state index in [1.165, 1.54) is 59.3 Å². The summed E-state index contributed by atoms with van der Waals surface area (Å²) in [5.74, 6) is -2.04. The number of carbonyl (C=O) groups is 2. The number of halogens is 1. The molecule has 1 aliphatic heterocycles. The first-order chi connectivity index (χ1) is 14.5. The number of Topliss-reactive ketones (excluding diaryl/α,β-unsaturated/α-hetero) is 1. The van der Waals surface area contributed by atoms with Crippen LogP contribution in [-0.2, 0) is 4.79 Å². The Hall–Kier alpha value is -3.24. The number of anilines is 1. The fraction of sp³-hybridized carbons (Fsp3) is 0.100. The molecule has 1 aliphatic rings. The summed E-state index contributed by atoms with van der Waals surface area (Å²) in [7, 11) is 0. The van der Waals surface area contributed by atoms with Crippen molar-refractivity contribution in [3.8, 4) is 0 Å². The van der Waals surface area contributed by atoms with Gasteiger partial charge in [-0.25, -0.2) is 4.39 Å².